The molecule has 19 heavy (non-hydrogen) atoms. The van der Waals surface area contributed by atoms with Crippen LogP contribution in [0.2, 0.25) is 0 Å². The summed E-state index contributed by atoms with van der Waals surface area (Å²) in [5.41, 5.74) is 0. The average Bonchev–Trinajstić information content (AvgIpc) is 2.83. The molecule has 0 aliphatic carbocycles. The number of hydrogen-bond donors (Lipinski definition) is 5. The minimum Gasteiger partial charge on any atom is -0.394 e. The Morgan fingerprint density at radius 3 is 2.05 bits per heavy atom. The molecule has 2 rings (SSSR count). The van der Waals surface area contributed by atoms with E-state index in [4.69, 9.17) is 24.4 Å². The van der Waals surface area contributed by atoms with E-state index >= 15 is 0 Å². The van der Waals surface area contributed by atoms with Crippen molar-refractivity contribution in [1.29, 1.82) is 0 Å². The van der Waals surface area contributed by atoms with E-state index in [-0.39, 0.29) is 6.61 Å². The molecule has 0 aromatic rings. The standard InChI is InChI=1S/C11H20O8/c1-4-7(14)10(6(3-13)17-4)19-11-9(16)8(15)5(2-12)18-11/h4-16H,2-3H2,1H3/t4-,5-,6-,7+,8+,9?,10?,11-/m0/s1. The van der Waals surface area contributed by atoms with Gasteiger partial charge < -0.3 is 39.7 Å². The summed E-state index contributed by atoms with van der Waals surface area (Å²) in [7, 11) is 0. The summed E-state index contributed by atoms with van der Waals surface area (Å²) in [6.07, 6.45) is -7.81. The molecule has 5 N–H and O–H groups in total. The van der Waals surface area contributed by atoms with Crippen LogP contribution in [0.4, 0.5) is 0 Å². The Labute approximate surface area is 110 Å². The Kier molecular flexibility index (Phi) is 4.75. The van der Waals surface area contributed by atoms with Crippen LogP contribution in [-0.2, 0) is 14.2 Å². The summed E-state index contributed by atoms with van der Waals surface area (Å²) < 4.78 is 15.8. The number of hydrogen-bond acceptors (Lipinski definition) is 8. The molecule has 8 nitrogen and oxygen atoms in total. The Morgan fingerprint density at radius 2 is 1.53 bits per heavy atom. The van der Waals surface area contributed by atoms with Gasteiger partial charge in [0.2, 0.25) is 0 Å². The van der Waals surface area contributed by atoms with Gasteiger partial charge >= 0.3 is 0 Å². The molecule has 2 fully saturated rings. The molecule has 112 valence electrons. The molecule has 8 atom stereocenters. The summed E-state index contributed by atoms with van der Waals surface area (Å²) in [4.78, 5) is 0. The fourth-order valence-corrected chi connectivity index (χ4v) is 2.37. The number of ether oxygens (including phenoxy) is 3. The van der Waals surface area contributed by atoms with Crippen LogP contribution in [0.5, 0.6) is 0 Å². The topological polar surface area (TPSA) is 129 Å². The number of rotatable bonds is 4. The summed E-state index contributed by atoms with van der Waals surface area (Å²) in [6.45, 7) is 0.830. The maximum absolute atomic E-state index is 9.88. The smallest absolute Gasteiger partial charge is 0.187 e. The Balaban J connectivity index is 2.00. The maximum atomic E-state index is 9.88. The van der Waals surface area contributed by atoms with Crippen LogP contribution in [0.25, 0.3) is 0 Å². The van der Waals surface area contributed by atoms with Gasteiger partial charge in [0.15, 0.2) is 6.29 Å². The summed E-state index contributed by atoms with van der Waals surface area (Å²) in [5.74, 6) is 0. The van der Waals surface area contributed by atoms with Crippen LogP contribution >= 0.6 is 0 Å². The van der Waals surface area contributed by atoms with E-state index in [0.29, 0.717) is 0 Å². The van der Waals surface area contributed by atoms with Crippen molar-refractivity contribution in [2.45, 2.75) is 55.9 Å². The summed E-state index contributed by atoms with van der Waals surface area (Å²) in [6, 6.07) is 0. The molecule has 2 unspecified atom stereocenters. The van der Waals surface area contributed by atoms with Gasteiger partial charge in [0.1, 0.15) is 36.6 Å². The van der Waals surface area contributed by atoms with E-state index < -0.39 is 55.6 Å². The van der Waals surface area contributed by atoms with Crippen molar-refractivity contribution in [2.75, 3.05) is 13.2 Å². The van der Waals surface area contributed by atoms with Crippen LogP contribution in [-0.4, -0.2) is 87.8 Å². The summed E-state index contributed by atoms with van der Waals surface area (Å²) >= 11 is 0. The largest absolute Gasteiger partial charge is 0.394 e. The number of aliphatic hydroxyl groups is 5. The van der Waals surface area contributed by atoms with Crippen LogP contribution < -0.4 is 0 Å². The zero-order valence-electron chi connectivity index (χ0n) is 10.5. The molecule has 2 heterocycles. The molecule has 0 aromatic carbocycles. The highest BCUT2D eigenvalue weighted by Crippen LogP contribution is 2.29. The van der Waals surface area contributed by atoms with Gasteiger partial charge in [-0.2, -0.15) is 0 Å². The predicted molar refractivity (Wildman–Crippen MR) is 60.1 cm³/mol. The quantitative estimate of drug-likeness (QED) is 0.367. The van der Waals surface area contributed by atoms with Gasteiger partial charge in [-0.1, -0.05) is 0 Å². The predicted octanol–water partition coefficient (Wildman–Crippen LogP) is -3.05. The monoisotopic (exact) mass is 280 g/mol. The van der Waals surface area contributed by atoms with Gasteiger partial charge in [-0.3, -0.25) is 0 Å². The molecule has 0 bridgehead atoms. The second kappa shape index (κ2) is 5.98. The van der Waals surface area contributed by atoms with Crippen LogP contribution in [0.1, 0.15) is 6.92 Å². The maximum Gasteiger partial charge on any atom is 0.187 e. The molecular weight excluding hydrogens is 260 g/mol. The van der Waals surface area contributed by atoms with Gasteiger partial charge in [-0.05, 0) is 6.92 Å². The Hall–Kier alpha value is -0.320. The van der Waals surface area contributed by atoms with Crippen LogP contribution in [0, 0.1) is 0 Å². The van der Waals surface area contributed by atoms with Gasteiger partial charge in [0.05, 0.1) is 19.3 Å². The highest BCUT2D eigenvalue weighted by molar-refractivity contribution is 4.93. The first-order chi connectivity index (χ1) is 8.99. The third-order valence-corrected chi connectivity index (χ3v) is 3.54. The zero-order valence-corrected chi connectivity index (χ0v) is 10.5. The van der Waals surface area contributed by atoms with Gasteiger partial charge in [-0.15, -0.1) is 0 Å². The molecule has 2 saturated heterocycles. The first-order valence-electron chi connectivity index (χ1n) is 6.22. The van der Waals surface area contributed by atoms with Gasteiger partial charge in [-0.25, -0.2) is 0 Å². The van der Waals surface area contributed by atoms with Crippen molar-refractivity contribution >= 4 is 0 Å². The van der Waals surface area contributed by atoms with Crippen LogP contribution in [0.15, 0.2) is 0 Å². The van der Waals surface area contributed by atoms with Crippen molar-refractivity contribution < 1.29 is 39.7 Å². The van der Waals surface area contributed by atoms with Crippen molar-refractivity contribution in [3.8, 4) is 0 Å². The minimum absolute atomic E-state index is 0.346. The lowest BCUT2D eigenvalue weighted by atomic mass is 10.1. The molecule has 0 spiro atoms. The third-order valence-electron chi connectivity index (χ3n) is 3.54. The second-order valence-electron chi connectivity index (χ2n) is 4.86. The lowest BCUT2D eigenvalue weighted by Gasteiger charge is -2.25. The molecule has 0 saturated carbocycles. The van der Waals surface area contributed by atoms with Crippen molar-refractivity contribution in [2.24, 2.45) is 0 Å². The molecular formula is C11H20O8. The van der Waals surface area contributed by atoms with E-state index in [1.165, 1.54) is 0 Å². The lowest BCUT2D eigenvalue weighted by Crippen LogP contribution is -2.43. The molecule has 2 aliphatic heterocycles. The zero-order chi connectivity index (χ0) is 14.2. The van der Waals surface area contributed by atoms with E-state index in [1.54, 1.807) is 6.92 Å². The van der Waals surface area contributed by atoms with Crippen molar-refractivity contribution in [3.63, 3.8) is 0 Å². The molecule has 0 aromatic heterocycles. The van der Waals surface area contributed by atoms with Crippen molar-refractivity contribution in [3.05, 3.63) is 0 Å². The fraction of sp³-hybridized carbons (Fsp3) is 1.00. The molecule has 2 aliphatic rings. The Morgan fingerprint density at radius 1 is 0.895 bits per heavy atom. The normalized spacial score (nSPS) is 50.8. The second-order valence-corrected chi connectivity index (χ2v) is 4.86. The minimum atomic E-state index is -1.33. The third kappa shape index (κ3) is 2.76. The Bertz CT molecular complexity index is 300. The van der Waals surface area contributed by atoms with Gasteiger partial charge in [0.25, 0.3) is 0 Å². The lowest BCUT2D eigenvalue weighted by molar-refractivity contribution is -0.214. The molecule has 0 radical (unpaired) electrons. The van der Waals surface area contributed by atoms with E-state index in [2.05, 4.69) is 0 Å². The molecule has 0 amide bonds. The van der Waals surface area contributed by atoms with Gasteiger partial charge in [0, 0.05) is 0 Å². The van der Waals surface area contributed by atoms with E-state index in [1.807, 2.05) is 0 Å². The highest BCUT2D eigenvalue weighted by Gasteiger charge is 2.49. The highest BCUT2D eigenvalue weighted by atomic mass is 16.7. The van der Waals surface area contributed by atoms with E-state index in [0.717, 1.165) is 0 Å². The summed E-state index contributed by atoms with van der Waals surface area (Å²) in [5, 5.41) is 47.3. The number of aliphatic hydroxyl groups excluding tert-OH is 5. The molecule has 8 heteroatoms. The SMILES string of the molecule is C[C@@H]1O[C@@H](CO)C(O[C@@H]2O[C@@H](CO)[C@@H](O)C2O)[C@@H]1O. The fourth-order valence-electron chi connectivity index (χ4n) is 2.37. The van der Waals surface area contributed by atoms with Crippen molar-refractivity contribution in [1.82, 2.24) is 0 Å². The average molecular weight is 280 g/mol. The van der Waals surface area contributed by atoms with E-state index in [9.17, 15) is 15.3 Å². The first-order valence-corrected chi connectivity index (χ1v) is 6.22. The van der Waals surface area contributed by atoms with Crippen LogP contribution in [0.3, 0.4) is 0 Å². The first kappa shape index (κ1) is 15.1.